The van der Waals surface area contributed by atoms with Crippen molar-refractivity contribution in [2.24, 2.45) is 5.41 Å². The van der Waals surface area contributed by atoms with Gasteiger partial charge in [0.05, 0.1) is 0 Å². The summed E-state index contributed by atoms with van der Waals surface area (Å²) in [6, 6.07) is 0.550. The summed E-state index contributed by atoms with van der Waals surface area (Å²) in [5.74, 6) is 0.312. The van der Waals surface area contributed by atoms with Crippen LogP contribution in [0.3, 0.4) is 0 Å². The molecular formula is C12H24N2O. The average molecular weight is 212 g/mol. The molecule has 15 heavy (non-hydrogen) atoms. The van der Waals surface area contributed by atoms with Crippen LogP contribution in [0, 0.1) is 5.41 Å². The Bertz CT molecular complexity index is 230. The molecule has 0 aliphatic carbocycles. The largest absolute Gasteiger partial charge is 0.341 e. The van der Waals surface area contributed by atoms with Gasteiger partial charge in [0, 0.05) is 25.6 Å². The number of carbonyl (C=O) groups is 1. The number of rotatable bonds is 2. The lowest BCUT2D eigenvalue weighted by atomic mass is 9.92. The van der Waals surface area contributed by atoms with Gasteiger partial charge in [-0.2, -0.15) is 0 Å². The number of amides is 1. The number of hydrogen-bond acceptors (Lipinski definition) is 2. The minimum absolute atomic E-state index is 0.104. The molecule has 0 bridgehead atoms. The van der Waals surface area contributed by atoms with Crippen LogP contribution < -0.4 is 0 Å². The minimum Gasteiger partial charge on any atom is -0.341 e. The van der Waals surface area contributed by atoms with Crippen molar-refractivity contribution in [1.29, 1.82) is 0 Å². The Morgan fingerprint density at radius 3 is 2.40 bits per heavy atom. The molecule has 88 valence electrons. The number of hydrogen-bond donors (Lipinski definition) is 0. The Morgan fingerprint density at radius 1 is 1.40 bits per heavy atom. The first kappa shape index (κ1) is 12.5. The zero-order valence-electron chi connectivity index (χ0n) is 10.7. The van der Waals surface area contributed by atoms with E-state index in [1.807, 2.05) is 4.90 Å². The fourth-order valence-corrected chi connectivity index (χ4v) is 1.96. The standard InChI is InChI=1S/C12H24N2O/c1-12(2,3)8-11(15)14-7-6-10(9-14)13(4)5/h10H,6-9H2,1-5H3/t10-/m1/s1. The van der Waals surface area contributed by atoms with Crippen molar-refractivity contribution in [1.82, 2.24) is 9.80 Å². The molecule has 0 radical (unpaired) electrons. The van der Waals surface area contributed by atoms with E-state index in [1.54, 1.807) is 0 Å². The fraction of sp³-hybridized carbons (Fsp3) is 0.917. The van der Waals surface area contributed by atoms with Crippen LogP contribution in [0.15, 0.2) is 0 Å². The molecule has 1 fully saturated rings. The highest BCUT2D eigenvalue weighted by Crippen LogP contribution is 2.22. The predicted molar refractivity (Wildman–Crippen MR) is 62.7 cm³/mol. The van der Waals surface area contributed by atoms with Gasteiger partial charge in [-0.05, 0) is 25.9 Å². The molecule has 0 aromatic rings. The summed E-state index contributed by atoms with van der Waals surface area (Å²) in [7, 11) is 4.17. The van der Waals surface area contributed by atoms with Crippen molar-refractivity contribution in [3.8, 4) is 0 Å². The first-order valence-corrected chi connectivity index (χ1v) is 5.74. The second-order valence-corrected chi connectivity index (χ2v) is 5.98. The molecule has 0 saturated carbocycles. The summed E-state index contributed by atoms with van der Waals surface area (Å²) < 4.78 is 0. The molecule has 1 amide bonds. The van der Waals surface area contributed by atoms with Gasteiger partial charge in [0.2, 0.25) is 5.91 Å². The maximum Gasteiger partial charge on any atom is 0.223 e. The van der Waals surface area contributed by atoms with Gasteiger partial charge in [-0.25, -0.2) is 0 Å². The first-order valence-electron chi connectivity index (χ1n) is 5.74. The lowest BCUT2D eigenvalue weighted by Gasteiger charge is -2.24. The van der Waals surface area contributed by atoms with Crippen molar-refractivity contribution < 1.29 is 4.79 Å². The third-order valence-electron chi connectivity index (χ3n) is 2.93. The highest BCUT2D eigenvalue weighted by atomic mass is 16.2. The number of likely N-dealkylation sites (tertiary alicyclic amines) is 1. The fourth-order valence-electron chi connectivity index (χ4n) is 1.96. The van der Waals surface area contributed by atoms with Crippen LogP contribution >= 0.6 is 0 Å². The average Bonchev–Trinajstić information content (AvgIpc) is 2.47. The van der Waals surface area contributed by atoms with Crippen molar-refractivity contribution in [3.63, 3.8) is 0 Å². The predicted octanol–water partition coefficient (Wildman–Crippen LogP) is 1.59. The summed E-state index contributed by atoms with van der Waals surface area (Å²) >= 11 is 0. The Labute approximate surface area is 93.4 Å². The minimum atomic E-state index is 0.104. The zero-order valence-corrected chi connectivity index (χ0v) is 10.7. The molecule has 1 atom stereocenters. The van der Waals surface area contributed by atoms with E-state index in [1.165, 1.54) is 0 Å². The van der Waals surface area contributed by atoms with E-state index in [2.05, 4.69) is 39.8 Å². The highest BCUT2D eigenvalue weighted by molar-refractivity contribution is 5.77. The lowest BCUT2D eigenvalue weighted by molar-refractivity contribution is -0.132. The number of likely N-dealkylation sites (N-methyl/N-ethyl adjacent to an activating group) is 1. The number of carbonyl (C=O) groups excluding carboxylic acids is 1. The van der Waals surface area contributed by atoms with Crippen LogP contribution in [0.25, 0.3) is 0 Å². The van der Waals surface area contributed by atoms with Gasteiger partial charge >= 0.3 is 0 Å². The Morgan fingerprint density at radius 2 is 2.00 bits per heavy atom. The van der Waals surface area contributed by atoms with E-state index < -0.39 is 0 Å². The maximum atomic E-state index is 11.9. The van der Waals surface area contributed by atoms with Crippen LogP contribution in [-0.2, 0) is 4.79 Å². The van der Waals surface area contributed by atoms with Crippen LogP contribution in [0.2, 0.25) is 0 Å². The van der Waals surface area contributed by atoms with E-state index in [4.69, 9.17) is 0 Å². The van der Waals surface area contributed by atoms with Gasteiger partial charge in [-0.15, -0.1) is 0 Å². The van der Waals surface area contributed by atoms with Gasteiger partial charge in [-0.1, -0.05) is 20.8 Å². The van der Waals surface area contributed by atoms with Crippen LogP contribution in [0.5, 0.6) is 0 Å². The molecule has 3 nitrogen and oxygen atoms in total. The Hall–Kier alpha value is -0.570. The monoisotopic (exact) mass is 212 g/mol. The van der Waals surface area contributed by atoms with Crippen LogP contribution in [0.4, 0.5) is 0 Å². The molecule has 1 saturated heterocycles. The molecule has 0 N–H and O–H groups in total. The molecule has 0 aromatic heterocycles. The molecule has 0 aromatic carbocycles. The van der Waals surface area contributed by atoms with E-state index >= 15 is 0 Å². The van der Waals surface area contributed by atoms with Crippen LogP contribution in [-0.4, -0.2) is 48.9 Å². The second-order valence-electron chi connectivity index (χ2n) is 5.98. The normalized spacial score (nSPS) is 22.5. The first-order chi connectivity index (χ1) is 6.79. The van der Waals surface area contributed by atoms with Crippen molar-refractivity contribution in [2.45, 2.75) is 39.7 Å². The molecule has 0 unspecified atom stereocenters. The maximum absolute atomic E-state index is 11.9. The van der Waals surface area contributed by atoms with E-state index in [-0.39, 0.29) is 5.41 Å². The molecule has 1 rings (SSSR count). The number of nitrogens with zero attached hydrogens (tertiary/aromatic N) is 2. The molecule has 1 aliphatic heterocycles. The third kappa shape index (κ3) is 3.82. The van der Waals surface area contributed by atoms with Crippen molar-refractivity contribution >= 4 is 5.91 Å². The third-order valence-corrected chi connectivity index (χ3v) is 2.93. The molecule has 0 spiro atoms. The SMILES string of the molecule is CN(C)[C@@H]1CCN(C(=O)CC(C)(C)C)C1. The van der Waals surface area contributed by atoms with Crippen LogP contribution in [0.1, 0.15) is 33.6 Å². The smallest absolute Gasteiger partial charge is 0.223 e. The molecule has 1 aliphatic rings. The highest BCUT2D eigenvalue weighted by Gasteiger charge is 2.29. The van der Waals surface area contributed by atoms with Gasteiger partial charge in [-0.3, -0.25) is 4.79 Å². The summed E-state index contributed by atoms with van der Waals surface area (Å²) in [6.07, 6.45) is 1.77. The lowest BCUT2D eigenvalue weighted by Crippen LogP contribution is -2.35. The Kier molecular flexibility index (Phi) is 3.77. The van der Waals surface area contributed by atoms with E-state index in [0.717, 1.165) is 19.5 Å². The quantitative estimate of drug-likeness (QED) is 0.694. The van der Waals surface area contributed by atoms with Gasteiger partial charge in [0.1, 0.15) is 0 Å². The molecular weight excluding hydrogens is 188 g/mol. The summed E-state index contributed by atoms with van der Waals surface area (Å²) in [5, 5.41) is 0. The topological polar surface area (TPSA) is 23.6 Å². The molecule has 3 heteroatoms. The summed E-state index contributed by atoms with van der Waals surface area (Å²) in [5.41, 5.74) is 0.104. The Balaban J connectivity index is 2.44. The molecule has 1 heterocycles. The zero-order chi connectivity index (χ0) is 11.6. The second kappa shape index (κ2) is 4.52. The van der Waals surface area contributed by atoms with Gasteiger partial charge in [0.15, 0.2) is 0 Å². The van der Waals surface area contributed by atoms with Crippen molar-refractivity contribution in [3.05, 3.63) is 0 Å². The van der Waals surface area contributed by atoms with Gasteiger partial charge < -0.3 is 9.80 Å². The summed E-state index contributed by atoms with van der Waals surface area (Å²) in [6.45, 7) is 8.18. The van der Waals surface area contributed by atoms with Gasteiger partial charge in [0.25, 0.3) is 0 Å². The summed E-state index contributed by atoms with van der Waals surface area (Å²) in [4.78, 5) is 16.2. The van der Waals surface area contributed by atoms with Crippen molar-refractivity contribution in [2.75, 3.05) is 27.2 Å². The van der Waals surface area contributed by atoms with E-state index in [9.17, 15) is 4.79 Å². The van der Waals surface area contributed by atoms with E-state index in [0.29, 0.717) is 18.4 Å².